The number of amides is 2. The summed E-state index contributed by atoms with van der Waals surface area (Å²) in [7, 11) is 0. The third-order valence-corrected chi connectivity index (χ3v) is 6.78. The number of nitrogens with zero attached hydrogens (tertiary/aromatic N) is 2. The summed E-state index contributed by atoms with van der Waals surface area (Å²) in [5.41, 5.74) is 2.58. The Kier molecular flexibility index (Phi) is 7.48. The fraction of sp³-hybridized carbons (Fsp3) is 0.481. The lowest BCUT2D eigenvalue weighted by atomic mass is 9.84. The molecule has 0 spiro atoms. The number of piperidine rings is 1. The Hall–Kier alpha value is -2.57. The van der Waals surface area contributed by atoms with Crippen molar-refractivity contribution in [2.24, 2.45) is 0 Å². The molecule has 0 radical (unpaired) electrons. The van der Waals surface area contributed by atoms with Crippen LogP contribution in [0, 0.1) is 0 Å². The average molecular weight is 485 g/mol. The summed E-state index contributed by atoms with van der Waals surface area (Å²) in [6.45, 7) is 9.29. The fourth-order valence-corrected chi connectivity index (χ4v) is 4.55. The molecule has 2 heterocycles. The molecule has 0 saturated carbocycles. The lowest BCUT2D eigenvalue weighted by molar-refractivity contribution is -0.125. The van der Waals surface area contributed by atoms with Crippen molar-refractivity contribution in [2.75, 3.05) is 32.8 Å². The minimum Gasteiger partial charge on any atom is -0.490 e. The molecule has 2 amide bonds. The number of benzene rings is 2. The highest BCUT2D eigenvalue weighted by atomic mass is 35.5. The number of carbonyl (C=O) groups excluding carboxylic acids is 2. The van der Waals surface area contributed by atoms with E-state index in [2.05, 4.69) is 26.8 Å². The normalized spacial score (nSPS) is 19.7. The van der Waals surface area contributed by atoms with Crippen molar-refractivity contribution >= 4 is 23.9 Å². The molecule has 6 nitrogen and oxygen atoms in total. The van der Waals surface area contributed by atoms with Crippen molar-refractivity contribution in [1.29, 1.82) is 0 Å². The van der Waals surface area contributed by atoms with Crippen molar-refractivity contribution in [1.82, 2.24) is 9.80 Å². The van der Waals surface area contributed by atoms with Crippen LogP contribution >= 0.6 is 11.6 Å². The number of carbonyl (C=O) groups is 2. The van der Waals surface area contributed by atoms with Gasteiger partial charge in [0.25, 0.3) is 5.91 Å². The third-order valence-electron chi connectivity index (χ3n) is 6.53. The summed E-state index contributed by atoms with van der Waals surface area (Å²) in [4.78, 5) is 28.4. The van der Waals surface area contributed by atoms with E-state index in [9.17, 15) is 9.59 Å². The van der Waals surface area contributed by atoms with Crippen LogP contribution < -0.4 is 4.74 Å². The Morgan fingerprint density at radius 1 is 1.09 bits per heavy atom. The van der Waals surface area contributed by atoms with Gasteiger partial charge in [-0.2, -0.15) is 0 Å². The molecule has 2 aliphatic rings. The SMILES string of the molecule is CC(C)(C)c1cc(C(=O)N2CCC(Oc3ccc(Cl)cc3)CC2)cc(C2CN(C=O)CCO2)c1. The van der Waals surface area contributed by atoms with Crippen LogP contribution in [0.25, 0.3) is 0 Å². The summed E-state index contributed by atoms with van der Waals surface area (Å²) in [5, 5.41) is 0.683. The first kappa shape index (κ1) is 24.6. The fourth-order valence-electron chi connectivity index (χ4n) is 4.43. The first-order valence-electron chi connectivity index (χ1n) is 11.9. The standard InChI is InChI=1S/C27H33ClN2O4/c1-27(2,3)21-15-19(25-17-29(18-31)12-13-33-25)14-20(16-21)26(32)30-10-8-24(9-11-30)34-23-6-4-22(28)5-7-23/h4-7,14-16,18,24-25H,8-13,17H2,1-3H3. The van der Waals surface area contributed by atoms with Gasteiger partial charge in [-0.25, -0.2) is 0 Å². The van der Waals surface area contributed by atoms with Crippen LogP contribution in [0.5, 0.6) is 5.75 Å². The summed E-state index contributed by atoms with van der Waals surface area (Å²) in [6.07, 6.45) is 2.27. The largest absolute Gasteiger partial charge is 0.490 e. The summed E-state index contributed by atoms with van der Waals surface area (Å²) in [5.74, 6) is 0.828. The number of rotatable bonds is 5. The molecule has 1 atom stereocenters. The van der Waals surface area contributed by atoms with Crippen molar-refractivity contribution < 1.29 is 19.1 Å². The van der Waals surface area contributed by atoms with E-state index < -0.39 is 0 Å². The van der Waals surface area contributed by atoms with Gasteiger partial charge in [-0.1, -0.05) is 38.4 Å². The Morgan fingerprint density at radius 3 is 2.44 bits per heavy atom. The van der Waals surface area contributed by atoms with Gasteiger partial charge in [0.1, 0.15) is 18.0 Å². The second-order valence-electron chi connectivity index (χ2n) is 10.1. The number of halogens is 1. The number of ether oxygens (including phenoxy) is 2. The van der Waals surface area contributed by atoms with E-state index in [4.69, 9.17) is 21.1 Å². The zero-order chi connectivity index (χ0) is 24.3. The minimum atomic E-state index is -0.230. The average Bonchev–Trinajstić information content (AvgIpc) is 2.84. The highest BCUT2D eigenvalue weighted by molar-refractivity contribution is 6.30. The van der Waals surface area contributed by atoms with Gasteiger partial charge in [0.15, 0.2) is 0 Å². The van der Waals surface area contributed by atoms with Gasteiger partial charge in [-0.15, -0.1) is 0 Å². The number of hydrogen-bond acceptors (Lipinski definition) is 4. The molecule has 2 saturated heterocycles. The van der Waals surface area contributed by atoms with Crippen LogP contribution in [0.1, 0.15) is 61.2 Å². The van der Waals surface area contributed by atoms with Crippen LogP contribution in [0.4, 0.5) is 0 Å². The van der Waals surface area contributed by atoms with Gasteiger partial charge >= 0.3 is 0 Å². The Balaban J connectivity index is 1.47. The molecular formula is C27H33ClN2O4. The molecule has 0 aromatic heterocycles. The molecule has 0 aliphatic carbocycles. The van der Waals surface area contributed by atoms with E-state index in [1.54, 1.807) is 4.90 Å². The van der Waals surface area contributed by atoms with Crippen molar-refractivity contribution in [3.05, 3.63) is 64.2 Å². The van der Waals surface area contributed by atoms with E-state index in [0.29, 0.717) is 43.4 Å². The molecule has 34 heavy (non-hydrogen) atoms. The van der Waals surface area contributed by atoms with Crippen LogP contribution in [0.2, 0.25) is 5.02 Å². The molecular weight excluding hydrogens is 452 g/mol. The van der Waals surface area contributed by atoms with E-state index in [-0.39, 0.29) is 23.5 Å². The zero-order valence-corrected chi connectivity index (χ0v) is 20.9. The molecule has 2 fully saturated rings. The monoisotopic (exact) mass is 484 g/mol. The van der Waals surface area contributed by atoms with Crippen LogP contribution in [-0.4, -0.2) is 61.0 Å². The molecule has 0 N–H and O–H groups in total. The molecule has 2 aromatic carbocycles. The number of morpholine rings is 1. The second-order valence-corrected chi connectivity index (χ2v) is 10.6. The molecule has 7 heteroatoms. The first-order valence-corrected chi connectivity index (χ1v) is 12.3. The maximum Gasteiger partial charge on any atom is 0.253 e. The summed E-state index contributed by atoms with van der Waals surface area (Å²) >= 11 is 5.96. The number of likely N-dealkylation sites (tertiary alicyclic amines) is 1. The first-order chi connectivity index (χ1) is 16.2. The van der Waals surface area contributed by atoms with Gasteiger partial charge in [-0.3, -0.25) is 9.59 Å². The van der Waals surface area contributed by atoms with Crippen LogP contribution in [0.3, 0.4) is 0 Å². The van der Waals surface area contributed by atoms with E-state index in [0.717, 1.165) is 36.1 Å². The molecule has 1 unspecified atom stereocenters. The van der Waals surface area contributed by atoms with Gasteiger partial charge in [0.2, 0.25) is 6.41 Å². The van der Waals surface area contributed by atoms with E-state index in [1.165, 1.54) is 0 Å². The lowest BCUT2D eigenvalue weighted by Crippen LogP contribution is -2.42. The molecule has 2 aliphatic heterocycles. The Bertz CT molecular complexity index is 1010. The Labute approximate surface area is 206 Å². The van der Waals surface area contributed by atoms with Gasteiger partial charge < -0.3 is 19.3 Å². The maximum atomic E-state index is 13.5. The van der Waals surface area contributed by atoms with Gasteiger partial charge in [0, 0.05) is 43.1 Å². The van der Waals surface area contributed by atoms with Crippen LogP contribution in [0.15, 0.2) is 42.5 Å². The van der Waals surface area contributed by atoms with Gasteiger partial charge in [-0.05, 0) is 52.9 Å². The summed E-state index contributed by atoms with van der Waals surface area (Å²) in [6, 6.07) is 13.4. The van der Waals surface area contributed by atoms with Crippen molar-refractivity contribution in [3.8, 4) is 5.75 Å². The topological polar surface area (TPSA) is 59.1 Å². The molecule has 182 valence electrons. The van der Waals surface area contributed by atoms with Crippen molar-refractivity contribution in [3.63, 3.8) is 0 Å². The quantitative estimate of drug-likeness (QED) is 0.569. The maximum absolute atomic E-state index is 13.5. The van der Waals surface area contributed by atoms with E-state index in [1.807, 2.05) is 41.3 Å². The Morgan fingerprint density at radius 2 is 1.79 bits per heavy atom. The predicted molar refractivity (Wildman–Crippen MR) is 132 cm³/mol. The van der Waals surface area contributed by atoms with E-state index >= 15 is 0 Å². The molecule has 0 bridgehead atoms. The smallest absolute Gasteiger partial charge is 0.253 e. The minimum absolute atomic E-state index is 0.0281. The second kappa shape index (κ2) is 10.4. The third kappa shape index (κ3) is 5.91. The summed E-state index contributed by atoms with van der Waals surface area (Å²) < 4.78 is 12.1. The van der Waals surface area contributed by atoms with Gasteiger partial charge in [0.05, 0.1) is 13.2 Å². The highest BCUT2D eigenvalue weighted by Gasteiger charge is 2.28. The molecule has 4 rings (SSSR count). The van der Waals surface area contributed by atoms with Crippen LogP contribution in [-0.2, 0) is 14.9 Å². The molecule has 2 aromatic rings. The lowest BCUT2D eigenvalue weighted by Gasteiger charge is -2.34. The number of hydrogen-bond donors (Lipinski definition) is 0. The van der Waals surface area contributed by atoms with Crippen molar-refractivity contribution in [2.45, 2.75) is 51.2 Å². The zero-order valence-electron chi connectivity index (χ0n) is 20.1. The highest BCUT2D eigenvalue weighted by Crippen LogP contribution is 2.31. The predicted octanol–water partition coefficient (Wildman–Crippen LogP) is 4.85.